The van der Waals surface area contributed by atoms with Crippen LogP contribution in [0.25, 0.3) is 0 Å². The predicted molar refractivity (Wildman–Crippen MR) is 67.3 cm³/mol. The van der Waals surface area contributed by atoms with Gasteiger partial charge in [0, 0.05) is 13.0 Å². The fourth-order valence-corrected chi connectivity index (χ4v) is 1.66. The monoisotopic (exact) mass is 237 g/mol. The van der Waals surface area contributed by atoms with Crippen LogP contribution in [0, 0.1) is 5.82 Å². The molecule has 0 aliphatic carbocycles. The Balaban J connectivity index is 2.17. The van der Waals surface area contributed by atoms with E-state index in [9.17, 15) is 9.18 Å². The van der Waals surface area contributed by atoms with Gasteiger partial charge in [-0.05, 0) is 30.5 Å². The standard InChI is InChI=1S/C14H20FNO/c1-2-3-4-8-14(17)16-10-9-12-6-5-7-13(15)11-12/h5-7,11H,2-4,8-10H2,1H3,(H,16,17). The number of nitrogens with one attached hydrogen (secondary N) is 1. The van der Waals surface area contributed by atoms with Crippen molar-refractivity contribution in [2.45, 2.75) is 39.0 Å². The molecular formula is C14H20FNO. The summed E-state index contributed by atoms with van der Waals surface area (Å²) in [5.41, 5.74) is 0.916. The van der Waals surface area contributed by atoms with Gasteiger partial charge in [0.05, 0.1) is 0 Å². The van der Waals surface area contributed by atoms with E-state index < -0.39 is 0 Å². The van der Waals surface area contributed by atoms with Crippen molar-refractivity contribution >= 4 is 5.91 Å². The van der Waals surface area contributed by atoms with E-state index in [-0.39, 0.29) is 11.7 Å². The zero-order chi connectivity index (χ0) is 12.5. The van der Waals surface area contributed by atoms with E-state index in [0.29, 0.717) is 19.4 Å². The number of carbonyl (C=O) groups excluding carboxylic acids is 1. The van der Waals surface area contributed by atoms with Gasteiger partial charge in [-0.2, -0.15) is 0 Å². The number of unbranched alkanes of at least 4 members (excludes halogenated alkanes) is 2. The second-order valence-electron chi connectivity index (χ2n) is 4.19. The van der Waals surface area contributed by atoms with Crippen LogP contribution in [-0.2, 0) is 11.2 Å². The molecule has 1 rings (SSSR count). The molecule has 1 N–H and O–H groups in total. The van der Waals surface area contributed by atoms with Gasteiger partial charge < -0.3 is 5.32 Å². The Kier molecular flexibility index (Phi) is 6.30. The van der Waals surface area contributed by atoms with Crippen LogP contribution >= 0.6 is 0 Å². The quantitative estimate of drug-likeness (QED) is 0.725. The molecule has 0 aromatic heterocycles. The molecule has 0 heterocycles. The third kappa shape index (κ3) is 6.05. The first-order valence-corrected chi connectivity index (χ1v) is 6.23. The first-order chi connectivity index (χ1) is 8.22. The lowest BCUT2D eigenvalue weighted by atomic mass is 10.1. The number of hydrogen-bond acceptors (Lipinski definition) is 1. The Morgan fingerprint density at radius 1 is 1.35 bits per heavy atom. The first-order valence-electron chi connectivity index (χ1n) is 6.23. The molecule has 1 aromatic rings. The third-order valence-electron chi connectivity index (χ3n) is 2.63. The number of amides is 1. The molecule has 3 heteroatoms. The van der Waals surface area contributed by atoms with Crippen LogP contribution in [-0.4, -0.2) is 12.5 Å². The number of rotatable bonds is 7. The summed E-state index contributed by atoms with van der Waals surface area (Å²) in [6.07, 6.45) is 4.43. The summed E-state index contributed by atoms with van der Waals surface area (Å²) in [6.45, 7) is 2.69. The lowest BCUT2D eigenvalue weighted by Gasteiger charge is -2.05. The first kappa shape index (κ1) is 13.7. The Morgan fingerprint density at radius 3 is 2.88 bits per heavy atom. The molecule has 0 radical (unpaired) electrons. The average molecular weight is 237 g/mol. The summed E-state index contributed by atoms with van der Waals surface area (Å²) in [4.78, 5) is 11.4. The van der Waals surface area contributed by atoms with Crippen LogP contribution in [0.1, 0.15) is 38.2 Å². The third-order valence-corrected chi connectivity index (χ3v) is 2.63. The molecule has 1 aromatic carbocycles. The van der Waals surface area contributed by atoms with Gasteiger partial charge in [-0.3, -0.25) is 4.79 Å². The normalized spacial score (nSPS) is 10.2. The summed E-state index contributed by atoms with van der Waals surface area (Å²) in [6, 6.07) is 6.48. The molecule has 0 aliphatic heterocycles. The zero-order valence-corrected chi connectivity index (χ0v) is 10.3. The second-order valence-corrected chi connectivity index (χ2v) is 4.19. The van der Waals surface area contributed by atoms with Gasteiger partial charge in [-0.15, -0.1) is 0 Å². The van der Waals surface area contributed by atoms with Gasteiger partial charge in [0.2, 0.25) is 5.91 Å². The number of carbonyl (C=O) groups is 1. The SMILES string of the molecule is CCCCCC(=O)NCCc1cccc(F)c1. The highest BCUT2D eigenvalue weighted by molar-refractivity contribution is 5.75. The van der Waals surface area contributed by atoms with Crippen molar-refractivity contribution in [2.75, 3.05) is 6.54 Å². The minimum Gasteiger partial charge on any atom is -0.356 e. The molecule has 0 aliphatic rings. The summed E-state index contributed by atoms with van der Waals surface area (Å²) < 4.78 is 12.9. The molecule has 0 unspecified atom stereocenters. The largest absolute Gasteiger partial charge is 0.356 e. The average Bonchev–Trinajstić information content (AvgIpc) is 2.29. The molecule has 0 saturated heterocycles. The molecule has 1 amide bonds. The molecule has 0 saturated carbocycles. The summed E-state index contributed by atoms with van der Waals surface area (Å²) in [7, 11) is 0. The smallest absolute Gasteiger partial charge is 0.220 e. The van der Waals surface area contributed by atoms with E-state index in [0.717, 1.165) is 24.8 Å². The van der Waals surface area contributed by atoms with E-state index in [2.05, 4.69) is 12.2 Å². The van der Waals surface area contributed by atoms with Gasteiger partial charge >= 0.3 is 0 Å². The minimum atomic E-state index is -0.225. The van der Waals surface area contributed by atoms with E-state index in [1.54, 1.807) is 6.07 Å². The van der Waals surface area contributed by atoms with Gasteiger partial charge in [-0.1, -0.05) is 31.9 Å². The molecule has 2 nitrogen and oxygen atoms in total. The van der Waals surface area contributed by atoms with E-state index in [1.807, 2.05) is 6.07 Å². The molecule has 0 atom stereocenters. The Bertz CT molecular complexity index is 352. The van der Waals surface area contributed by atoms with Crippen molar-refractivity contribution in [1.82, 2.24) is 5.32 Å². The number of hydrogen-bond donors (Lipinski definition) is 1. The Morgan fingerprint density at radius 2 is 2.18 bits per heavy atom. The summed E-state index contributed by atoms with van der Waals surface area (Å²) in [5, 5.41) is 2.85. The zero-order valence-electron chi connectivity index (χ0n) is 10.3. The lowest BCUT2D eigenvalue weighted by Crippen LogP contribution is -2.25. The Labute approximate surface area is 102 Å². The highest BCUT2D eigenvalue weighted by Gasteiger charge is 2.00. The van der Waals surface area contributed by atoms with Crippen LogP contribution in [0.15, 0.2) is 24.3 Å². The second kappa shape index (κ2) is 7.82. The van der Waals surface area contributed by atoms with Crippen LogP contribution in [0.3, 0.4) is 0 Å². The van der Waals surface area contributed by atoms with Gasteiger partial charge in [0.1, 0.15) is 5.82 Å². The van der Waals surface area contributed by atoms with E-state index in [4.69, 9.17) is 0 Å². The van der Waals surface area contributed by atoms with Gasteiger partial charge in [-0.25, -0.2) is 4.39 Å². The fourth-order valence-electron chi connectivity index (χ4n) is 1.66. The molecular weight excluding hydrogens is 217 g/mol. The summed E-state index contributed by atoms with van der Waals surface area (Å²) in [5.74, 6) is -0.133. The van der Waals surface area contributed by atoms with Crippen molar-refractivity contribution in [3.05, 3.63) is 35.6 Å². The molecule has 17 heavy (non-hydrogen) atoms. The maximum absolute atomic E-state index is 12.9. The fraction of sp³-hybridized carbons (Fsp3) is 0.500. The molecule has 0 fully saturated rings. The van der Waals surface area contributed by atoms with Gasteiger partial charge in [0.25, 0.3) is 0 Å². The predicted octanol–water partition coefficient (Wildman–Crippen LogP) is 3.06. The molecule has 94 valence electrons. The molecule has 0 bridgehead atoms. The maximum Gasteiger partial charge on any atom is 0.220 e. The summed E-state index contributed by atoms with van der Waals surface area (Å²) >= 11 is 0. The van der Waals surface area contributed by atoms with Gasteiger partial charge in [0.15, 0.2) is 0 Å². The topological polar surface area (TPSA) is 29.1 Å². The minimum absolute atomic E-state index is 0.0925. The highest BCUT2D eigenvalue weighted by atomic mass is 19.1. The van der Waals surface area contributed by atoms with Crippen molar-refractivity contribution in [3.63, 3.8) is 0 Å². The van der Waals surface area contributed by atoms with Crippen molar-refractivity contribution in [3.8, 4) is 0 Å². The van der Waals surface area contributed by atoms with E-state index >= 15 is 0 Å². The van der Waals surface area contributed by atoms with Crippen LogP contribution in [0.4, 0.5) is 4.39 Å². The van der Waals surface area contributed by atoms with Crippen LogP contribution in [0.5, 0.6) is 0 Å². The highest BCUT2D eigenvalue weighted by Crippen LogP contribution is 2.03. The van der Waals surface area contributed by atoms with Crippen molar-refractivity contribution in [1.29, 1.82) is 0 Å². The van der Waals surface area contributed by atoms with Crippen molar-refractivity contribution in [2.24, 2.45) is 0 Å². The number of halogens is 1. The van der Waals surface area contributed by atoms with Crippen LogP contribution in [0.2, 0.25) is 0 Å². The van der Waals surface area contributed by atoms with Crippen LogP contribution < -0.4 is 5.32 Å². The maximum atomic E-state index is 12.9. The number of benzene rings is 1. The van der Waals surface area contributed by atoms with E-state index in [1.165, 1.54) is 12.1 Å². The lowest BCUT2D eigenvalue weighted by molar-refractivity contribution is -0.121. The Hall–Kier alpha value is -1.38. The van der Waals surface area contributed by atoms with Crippen molar-refractivity contribution < 1.29 is 9.18 Å². The molecule has 0 spiro atoms.